The van der Waals surface area contributed by atoms with Crippen LogP contribution in [0.2, 0.25) is 0 Å². The number of nitrogens with one attached hydrogen (secondary N) is 1. The number of fused-ring (bicyclic) bond motifs is 4. The van der Waals surface area contributed by atoms with Gasteiger partial charge in [-0.25, -0.2) is 9.97 Å². The number of ether oxygens (including phenoxy) is 1. The van der Waals surface area contributed by atoms with Gasteiger partial charge in [-0.15, -0.1) is 11.3 Å². The molecule has 4 aromatic heterocycles. The van der Waals surface area contributed by atoms with Crippen LogP contribution >= 0.6 is 22.7 Å². The van der Waals surface area contributed by atoms with E-state index < -0.39 is 0 Å². The van der Waals surface area contributed by atoms with Gasteiger partial charge >= 0.3 is 0 Å². The topological polar surface area (TPSA) is 102 Å². The number of aromatic amines is 1. The summed E-state index contributed by atoms with van der Waals surface area (Å²) in [6.07, 6.45) is 3.84. The zero-order valence-corrected chi connectivity index (χ0v) is 21.0. The van der Waals surface area contributed by atoms with Crippen molar-refractivity contribution in [1.82, 2.24) is 24.6 Å². The van der Waals surface area contributed by atoms with E-state index in [4.69, 9.17) is 9.72 Å². The van der Waals surface area contributed by atoms with Crippen molar-refractivity contribution in [3.63, 3.8) is 0 Å². The molecule has 0 spiro atoms. The zero-order chi connectivity index (χ0) is 24.1. The van der Waals surface area contributed by atoms with Gasteiger partial charge in [0.05, 0.1) is 11.1 Å². The van der Waals surface area contributed by atoms with Crippen molar-refractivity contribution in [3.05, 3.63) is 72.2 Å². The van der Waals surface area contributed by atoms with Crippen molar-refractivity contribution in [2.45, 2.75) is 46.1 Å². The summed E-state index contributed by atoms with van der Waals surface area (Å²) in [6, 6.07) is 8.85. The molecule has 1 aliphatic rings. The molecule has 1 aromatic carbocycles. The number of aromatic nitrogens is 5. The lowest BCUT2D eigenvalue weighted by Gasteiger charge is -2.17. The van der Waals surface area contributed by atoms with Crippen LogP contribution in [0.1, 0.15) is 41.4 Å². The van der Waals surface area contributed by atoms with E-state index >= 15 is 0 Å². The second kappa shape index (κ2) is 8.69. The lowest BCUT2D eigenvalue weighted by molar-refractivity contribution is 0.301. The second-order valence-electron chi connectivity index (χ2n) is 8.89. The Morgan fingerprint density at radius 2 is 2.00 bits per heavy atom. The standard InChI is InChI=1S/C25H23N5O3S2/c1-3-19-29-30-20(31)11-15(26-25(30)35-19)12-33-16-7-5-14(6-8-16)22-27-23(32)21-17-9-4-13(2)10-18(17)34-24(21)28-22/h5-8,11,13H,3-4,9-10,12H2,1-2H3,(H,27,28,32)/t13-/m0/s1. The highest BCUT2D eigenvalue weighted by atomic mass is 32.1. The summed E-state index contributed by atoms with van der Waals surface area (Å²) < 4.78 is 7.19. The first-order valence-corrected chi connectivity index (χ1v) is 13.3. The van der Waals surface area contributed by atoms with Gasteiger partial charge in [-0.1, -0.05) is 25.2 Å². The first-order chi connectivity index (χ1) is 17.0. The molecule has 0 radical (unpaired) electrons. The summed E-state index contributed by atoms with van der Waals surface area (Å²) >= 11 is 3.05. The maximum Gasteiger partial charge on any atom is 0.275 e. The molecule has 4 heterocycles. The largest absolute Gasteiger partial charge is 0.487 e. The Bertz CT molecular complexity index is 1680. The van der Waals surface area contributed by atoms with Gasteiger partial charge in [0.15, 0.2) is 0 Å². The van der Waals surface area contributed by atoms with Crippen LogP contribution in [0.15, 0.2) is 39.9 Å². The summed E-state index contributed by atoms with van der Waals surface area (Å²) in [6.45, 7) is 4.42. The van der Waals surface area contributed by atoms with Gasteiger partial charge < -0.3 is 9.72 Å². The molecule has 5 aromatic rings. The summed E-state index contributed by atoms with van der Waals surface area (Å²) in [4.78, 5) is 40.1. The molecular formula is C25H23N5O3S2. The van der Waals surface area contributed by atoms with Crippen molar-refractivity contribution in [2.24, 2.45) is 5.92 Å². The number of aryl methyl sites for hydroxylation is 2. The molecule has 8 nitrogen and oxygen atoms in total. The van der Waals surface area contributed by atoms with E-state index in [0.717, 1.165) is 46.5 Å². The van der Waals surface area contributed by atoms with Crippen LogP contribution in [-0.2, 0) is 25.9 Å². The van der Waals surface area contributed by atoms with E-state index in [9.17, 15) is 9.59 Å². The Kier molecular flexibility index (Phi) is 5.49. The van der Waals surface area contributed by atoms with Crippen LogP contribution in [0.3, 0.4) is 0 Å². The third kappa shape index (κ3) is 4.06. The molecule has 0 amide bonds. The lowest BCUT2D eigenvalue weighted by Crippen LogP contribution is -2.16. The molecule has 0 aliphatic heterocycles. The fourth-order valence-corrected chi connectivity index (χ4v) is 6.71. The SMILES string of the molecule is CCc1nn2c(=O)cc(COc3ccc(-c4nc5sc6c(c5c(=O)[nH]4)CC[C@H](C)C6)cc3)nc2s1. The summed E-state index contributed by atoms with van der Waals surface area (Å²) in [7, 11) is 0. The van der Waals surface area contributed by atoms with E-state index in [1.54, 1.807) is 11.3 Å². The molecule has 1 N–H and O–H groups in total. The Balaban J connectivity index is 1.22. The number of nitrogens with zero attached hydrogens (tertiary/aromatic N) is 4. The highest BCUT2D eigenvalue weighted by Gasteiger charge is 2.23. The van der Waals surface area contributed by atoms with E-state index in [0.29, 0.717) is 28.1 Å². The molecule has 0 unspecified atom stereocenters. The van der Waals surface area contributed by atoms with Crippen LogP contribution in [0.4, 0.5) is 0 Å². The van der Waals surface area contributed by atoms with Gasteiger partial charge in [-0.05, 0) is 61.4 Å². The van der Waals surface area contributed by atoms with Crippen molar-refractivity contribution >= 4 is 37.9 Å². The number of benzene rings is 1. The molecular weight excluding hydrogens is 482 g/mol. The van der Waals surface area contributed by atoms with E-state index in [1.807, 2.05) is 31.2 Å². The first kappa shape index (κ1) is 22.1. The van der Waals surface area contributed by atoms with E-state index in [1.165, 1.54) is 32.4 Å². The highest BCUT2D eigenvalue weighted by Crippen LogP contribution is 2.36. The minimum atomic E-state index is -0.213. The average molecular weight is 506 g/mol. The number of hydrogen-bond acceptors (Lipinski definition) is 8. The molecule has 10 heteroatoms. The van der Waals surface area contributed by atoms with E-state index in [2.05, 4.69) is 22.0 Å². The Morgan fingerprint density at radius 3 is 2.80 bits per heavy atom. The maximum atomic E-state index is 12.9. The number of rotatable bonds is 5. The molecule has 178 valence electrons. The Hall–Kier alpha value is -3.37. The van der Waals surface area contributed by atoms with Gasteiger partial charge in [-0.3, -0.25) is 9.59 Å². The Morgan fingerprint density at radius 1 is 1.17 bits per heavy atom. The lowest BCUT2D eigenvalue weighted by atomic mass is 9.89. The molecule has 0 saturated heterocycles. The highest BCUT2D eigenvalue weighted by molar-refractivity contribution is 7.18. The van der Waals surface area contributed by atoms with Crippen LogP contribution in [0.5, 0.6) is 5.75 Å². The number of H-pyrrole nitrogens is 1. The van der Waals surface area contributed by atoms with Crippen molar-refractivity contribution < 1.29 is 4.74 Å². The zero-order valence-electron chi connectivity index (χ0n) is 19.3. The fourth-order valence-electron chi connectivity index (χ4n) is 4.46. The summed E-state index contributed by atoms with van der Waals surface area (Å²) in [5, 5.41) is 5.89. The number of thiophene rings is 1. The van der Waals surface area contributed by atoms with Gasteiger partial charge in [0.25, 0.3) is 11.1 Å². The molecule has 1 aliphatic carbocycles. The summed E-state index contributed by atoms with van der Waals surface area (Å²) in [5.41, 5.74) is 2.26. The molecule has 35 heavy (non-hydrogen) atoms. The minimum absolute atomic E-state index is 0.0700. The van der Waals surface area contributed by atoms with Crippen molar-refractivity contribution in [3.8, 4) is 17.1 Å². The summed E-state index contributed by atoms with van der Waals surface area (Å²) in [5.74, 6) is 1.84. The third-order valence-corrected chi connectivity index (χ3v) is 8.52. The van der Waals surface area contributed by atoms with Crippen LogP contribution in [0.25, 0.3) is 26.6 Å². The number of hydrogen-bond donors (Lipinski definition) is 1. The predicted octanol–water partition coefficient (Wildman–Crippen LogP) is 4.38. The van der Waals surface area contributed by atoms with E-state index in [-0.39, 0.29) is 17.7 Å². The molecule has 0 saturated carbocycles. The van der Waals surface area contributed by atoms with Gasteiger partial charge in [-0.2, -0.15) is 9.61 Å². The minimum Gasteiger partial charge on any atom is -0.487 e. The van der Waals surface area contributed by atoms with Gasteiger partial charge in [0.2, 0.25) is 4.96 Å². The second-order valence-corrected chi connectivity index (χ2v) is 11.0. The predicted molar refractivity (Wildman–Crippen MR) is 138 cm³/mol. The first-order valence-electron chi connectivity index (χ1n) is 11.6. The smallest absolute Gasteiger partial charge is 0.275 e. The van der Waals surface area contributed by atoms with Crippen LogP contribution in [-0.4, -0.2) is 24.6 Å². The molecule has 0 bridgehead atoms. The van der Waals surface area contributed by atoms with Gasteiger partial charge in [0, 0.05) is 16.5 Å². The normalized spacial score (nSPS) is 15.5. The van der Waals surface area contributed by atoms with Crippen LogP contribution in [0, 0.1) is 5.92 Å². The van der Waals surface area contributed by atoms with Crippen molar-refractivity contribution in [2.75, 3.05) is 0 Å². The Labute approximate surface area is 208 Å². The van der Waals surface area contributed by atoms with Gasteiger partial charge in [0.1, 0.15) is 28.0 Å². The quantitative estimate of drug-likeness (QED) is 0.380. The third-order valence-electron chi connectivity index (χ3n) is 6.32. The molecule has 6 rings (SSSR count). The monoisotopic (exact) mass is 505 g/mol. The average Bonchev–Trinajstić information content (AvgIpc) is 3.44. The molecule has 0 fully saturated rings. The van der Waals surface area contributed by atoms with Crippen LogP contribution < -0.4 is 15.9 Å². The maximum absolute atomic E-state index is 12.9. The fraction of sp³-hybridized carbons (Fsp3) is 0.320. The molecule has 1 atom stereocenters. The van der Waals surface area contributed by atoms with Crippen molar-refractivity contribution in [1.29, 1.82) is 0 Å².